The molecular formula is C66H42. The van der Waals surface area contributed by atoms with Crippen molar-refractivity contribution >= 4 is 64.6 Å². The van der Waals surface area contributed by atoms with Crippen LogP contribution < -0.4 is 0 Å². The number of benzene rings is 13. The van der Waals surface area contributed by atoms with Gasteiger partial charge < -0.3 is 0 Å². The van der Waals surface area contributed by atoms with Gasteiger partial charge in [0, 0.05) is 0 Å². The second kappa shape index (κ2) is 15.6. The van der Waals surface area contributed by atoms with E-state index in [0.29, 0.717) is 0 Å². The van der Waals surface area contributed by atoms with E-state index in [2.05, 4.69) is 255 Å². The molecule has 13 aromatic rings. The minimum atomic E-state index is 1.19. The first-order valence-electron chi connectivity index (χ1n) is 22.9. The SMILES string of the molecule is c1ccc(-c2cc3ccccc3cc2-c2ccc3c(c2)c(-c2ccc4ccccc4c2)c(-c2ccc4ccccc4c2)c2cc(-c4ccc(-c5cccc6ccccc56)cc4)ccc23)cc1. The van der Waals surface area contributed by atoms with Crippen LogP contribution in [-0.2, 0) is 0 Å². The van der Waals surface area contributed by atoms with Crippen LogP contribution in [0.2, 0.25) is 0 Å². The minimum Gasteiger partial charge on any atom is -0.0622 e. The van der Waals surface area contributed by atoms with Crippen molar-refractivity contribution in [3.8, 4) is 66.8 Å². The summed E-state index contributed by atoms with van der Waals surface area (Å²) < 4.78 is 0. The van der Waals surface area contributed by atoms with Gasteiger partial charge in [-0.25, -0.2) is 0 Å². The van der Waals surface area contributed by atoms with Crippen molar-refractivity contribution < 1.29 is 0 Å². The Kier molecular flexibility index (Phi) is 8.96. The molecule has 0 heterocycles. The summed E-state index contributed by atoms with van der Waals surface area (Å²) in [6.07, 6.45) is 0. The van der Waals surface area contributed by atoms with Crippen LogP contribution in [0.15, 0.2) is 255 Å². The summed E-state index contributed by atoms with van der Waals surface area (Å²) in [5.74, 6) is 0. The molecule has 0 atom stereocenters. The van der Waals surface area contributed by atoms with Gasteiger partial charge in [0.05, 0.1) is 0 Å². The van der Waals surface area contributed by atoms with E-state index in [4.69, 9.17) is 0 Å². The molecule has 13 aromatic carbocycles. The Morgan fingerprint density at radius 1 is 0.152 bits per heavy atom. The Morgan fingerprint density at radius 2 is 0.561 bits per heavy atom. The fraction of sp³-hybridized carbons (Fsp3) is 0. The standard InChI is InChI=1S/C66H42/c1-2-15-47(16-3-1)61-39-51-20-8-9-21-52(51)40-62(61)54-34-36-60-59-35-33-53(45-25-29-48(30-26-45)58-24-12-22-46-17-10-11-23-57(46)58)41-63(59)65(55-31-27-43-13-4-6-18-49(43)37-55)66(64(60)42-54)56-32-28-44-14-5-7-19-50(44)38-56/h1-42H. The van der Waals surface area contributed by atoms with Crippen LogP contribution in [0.5, 0.6) is 0 Å². The van der Waals surface area contributed by atoms with Crippen molar-refractivity contribution in [3.63, 3.8) is 0 Å². The van der Waals surface area contributed by atoms with Crippen molar-refractivity contribution in [3.05, 3.63) is 255 Å². The molecule has 13 rings (SSSR count). The highest BCUT2D eigenvalue weighted by Gasteiger charge is 2.21. The predicted octanol–water partition coefficient (Wildman–Crippen LogP) is 18.6. The zero-order valence-electron chi connectivity index (χ0n) is 36.2. The summed E-state index contributed by atoms with van der Waals surface area (Å²) in [7, 11) is 0. The van der Waals surface area contributed by atoms with Gasteiger partial charge in [-0.3, -0.25) is 0 Å². The van der Waals surface area contributed by atoms with Crippen LogP contribution in [0.3, 0.4) is 0 Å². The first-order valence-corrected chi connectivity index (χ1v) is 22.9. The lowest BCUT2D eigenvalue weighted by atomic mass is 9.82. The molecule has 0 heteroatoms. The fourth-order valence-corrected chi connectivity index (χ4v) is 10.5. The topological polar surface area (TPSA) is 0 Å². The van der Waals surface area contributed by atoms with E-state index in [1.807, 2.05) is 0 Å². The minimum absolute atomic E-state index is 1.19. The highest BCUT2D eigenvalue weighted by atomic mass is 14.2. The van der Waals surface area contributed by atoms with E-state index in [1.54, 1.807) is 0 Å². The third-order valence-electron chi connectivity index (χ3n) is 13.8. The molecule has 0 bridgehead atoms. The van der Waals surface area contributed by atoms with Gasteiger partial charge in [-0.05, 0) is 168 Å². The Bertz CT molecular complexity index is 4020. The molecule has 0 amide bonds. The Labute approximate surface area is 384 Å². The molecular weight excluding hydrogens is 793 g/mol. The summed E-state index contributed by atoms with van der Waals surface area (Å²) in [6.45, 7) is 0. The van der Waals surface area contributed by atoms with E-state index < -0.39 is 0 Å². The van der Waals surface area contributed by atoms with Crippen molar-refractivity contribution in [2.45, 2.75) is 0 Å². The molecule has 0 unspecified atom stereocenters. The van der Waals surface area contributed by atoms with E-state index in [-0.39, 0.29) is 0 Å². The van der Waals surface area contributed by atoms with Gasteiger partial charge in [0.1, 0.15) is 0 Å². The van der Waals surface area contributed by atoms with Crippen LogP contribution in [0, 0.1) is 0 Å². The fourth-order valence-electron chi connectivity index (χ4n) is 10.5. The second-order valence-corrected chi connectivity index (χ2v) is 17.6. The predicted molar refractivity (Wildman–Crippen MR) is 284 cm³/mol. The van der Waals surface area contributed by atoms with Gasteiger partial charge >= 0.3 is 0 Å². The molecule has 0 spiro atoms. The lowest BCUT2D eigenvalue weighted by molar-refractivity contribution is 1.61. The summed E-state index contributed by atoms with van der Waals surface area (Å²) in [5, 5.41) is 14.9. The third kappa shape index (κ3) is 6.46. The molecule has 0 aliphatic heterocycles. The maximum atomic E-state index is 2.47. The second-order valence-electron chi connectivity index (χ2n) is 17.6. The molecule has 306 valence electrons. The van der Waals surface area contributed by atoms with Crippen molar-refractivity contribution in [1.82, 2.24) is 0 Å². The van der Waals surface area contributed by atoms with E-state index >= 15 is 0 Å². The molecule has 0 saturated carbocycles. The zero-order chi connectivity index (χ0) is 43.6. The van der Waals surface area contributed by atoms with E-state index in [9.17, 15) is 0 Å². The number of hydrogen-bond donors (Lipinski definition) is 0. The van der Waals surface area contributed by atoms with Crippen LogP contribution in [0.25, 0.3) is 131 Å². The Balaban J connectivity index is 1.10. The smallest absolute Gasteiger partial charge is 0.00199 e. The van der Waals surface area contributed by atoms with Crippen molar-refractivity contribution in [2.24, 2.45) is 0 Å². The summed E-state index contributed by atoms with van der Waals surface area (Å²) >= 11 is 0. The van der Waals surface area contributed by atoms with E-state index in [1.165, 1.54) is 131 Å². The molecule has 0 radical (unpaired) electrons. The molecule has 0 aliphatic rings. The van der Waals surface area contributed by atoms with Gasteiger partial charge in [-0.1, -0.05) is 218 Å². The maximum Gasteiger partial charge on any atom is -0.00199 e. The molecule has 66 heavy (non-hydrogen) atoms. The average Bonchev–Trinajstić information content (AvgIpc) is 3.39. The lowest BCUT2D eigenvalue weighted by Crippen LogP contribution is -1.94. The lowest BCUT2D eigenvalue weighted by Gasteiger charge is -2.21. The van der Waals surface area contributed by atoms with Crippen LogP contribution in [0.4, 0.5) is 0 Å². The first-order chi connectivity index (χ1) is 32.7. The van der Waals surface area contributed by atoms with E-state index in [0.717, 1.165) is 0 Å². The monoisotopic (exact) mass is 834 g/mol. The van der Waals surface area contributed by atoms with Gasteiger partial charge in [0.25, 0.3) is 0 Å². The van der Waals surface area contributed by atoms with Gasteiger partial charge in [-0.15, -0.1) is 0 Å². The maximum absolute atomic E-state index is 2.47. The molecule has 0 aromatic heterocycles. The van der Waals surface area contributed by atoms with Gasteiger partial charge in [0.15, 0.2) is 0 Å². The summed E-state index contributed by atoms with van der Waals surface area (Å²) in [4.78, 5) is 0. The summed E-state index contributed by atoms with van der Waals surface area (Å²) in [6, 6.07) is 94.5. The molecule has 0 N–H and O–H groups in total. The van der Waals surface area contributed by atoms with Crippen molar-refractivity contribution in [2.75, 3.05) is 0 Å². The van der Waals surface area contributed by atoms with Gasteiger partial charge in [-0.2, -0.15) is 0 Å². The largest absolute Gasteiger partial charge is 0.0622 e. The number of rotatable bonds is 6. The third-order valence-corrected chi connectivity index (χ3v) is 13.8. The average molecular weight is 835 g/mol. The first kappa shape index (κ1) is 37.9. The van der Waals surface area contributed by atoms with Gasteiger partial charge in [0.2, 0.25) is 0 Å². The van der Waals surface area contributed by atoms with Crippen LogP contribution in [-0.4, -0.2) is 0 Å². The molecule has 0 aliphatic carbocycles. The molecule has 0 saturated heterocycles. The highest BCUT2D eigenvalue weighted by Crippen LogP contribution is 2.48. The molecule has 0 fully saturated rings. The number of hydrogen-bond acceptors (Lipinski definition) is 0. The zero-order valence-corrected chi connectivity index (χ0v) is 36.2. The van der Waals surface area contributed by atoms with Crippen molar-refractivity contribution in [1.29, 1.82) is 0 Å². The Morgan fingerprint density at radius 3 is 1.17 bits per heavy atom. The highest BCUT2D eigenvalue weighted by molar-refractivity contribution is 6.23. The van der Waals surface area contributed by atoms with Crippen LogP contribution in [0.1, 0.15) is 0 Å². The summed E-state index contributed by atoms with van der Waals surface area (Å²) in [5.41, 5.74) is 14.6. The normalized spacial score (nSPS) is 11.6. The molecule has 0 nitrogen and oxygen atoms in total. The number of fused-ring (bicyclic) bond motifs is 7. The Hall–Kier alpha value is -8.58. The quantitative estimate of drug-likeness (QED) is 0.146. The van der Waals surface area contributed by atoms with Crippen LogP contribution >= 0.6 is 0 Å².